The van der Waals surface area contributed by atoms with E-state index in [1.165, 1.54) is 24.9 Å². The van der Waals surface area contributed by atoms with Crippen LogP contribution in [0.15, 0.2) is 72.8 Å². The Kier molecular flexibility index (Phi) is 5.26. The van der Waals surface area contributed by atoms with Gasteiger partial charge in [0.2, 0.25) is 5.28 Å². The minimum absolute atomic E-state index is 0.262. The van der Waals surface area contributed by atoms with Gasteiger partial charge >= 0.3 is 0 Å². The summed E-state index contributed by atoms with van der Waals surface area (Å²) in [6.45, 7) is 4.22. The number of fused-ring (bicyclic) bond motifs is 3. The molecule has 1 atom stereocenters. The lowest BCUT2D eigenvalue weighted by atomic mass is 9.83. The van der Waals surface area contributed by atoms with Crippen molar-refractivity contribution in [2.24, 2.45) is 0 Å². The molecule has 2 aliphatic heterocycles. The number of benzene rings is 3. The Morgan fingerprint density at radius 3 is 2.35 bits per heavy atom. The van der Waals surface area contributed by atoms with E-state index < -0.39 is 5.60 Å². The minimum atomic E-state index is -0.719. The molecule has 6 rings (SSSR count). The second kappa shape index (κ2) is 8.44. The van der Waals surface area contributed by atoms with Crippen LogP contribution in [0.5, 0.6) is 5.75 Å². The molecule has 4 aromatic rings. The molecule has 170 valence electrons. The van der Waals surface area contributed by atoms with E-state index >= 15 is 0 Å². The molecular formula is C29H26ClN3O. The first kappa shape index (κ1) is 21.2. The monoisotopic (exact) mass is 467 g/mol. The SMILES string of the molecule is Cc1nc(Cl)nc2ccc3c(c12)C=CC(c1ccccc1)(c1ccc(N2CCCCC2)cc1)O3. The summed E-state index contributed by atoms with van der Waals surface area (Å²) in [5.74, 6) is 0.813. The topological polar surface area (TPSA) is 38.2 Å². The van der Waals surface area contributed by atoms with Gasteiger partial charge in [-0.3, -0.25) is 0 Å². The van der Waals surface area contributed by atoms with E-state index in [1.54, 1.807) is 0 Å². The highest BCUT2D eigenvalue weighted by Crippen LogP contribution is 2.44. The largest absolute Gasteiger partial charge is 0.473 e. The van der Waals surface area contributed by atoms with Crippen LogP contribution in [0.4, 0.5) is 5.69 Å². The second-order valence-electron chi connectivity index (χ2n) is 9.08. The van der Waals surface area contributed by atoms with Gasteiger partial charge in [-0.05, 0) is 74.2 Å². The zero-order valence-corrected chi connectivity index (χ0v) is 19.9. The van der Waals surface area contributed by atoms with Crippen molar-refractivity contribution in [3.8, 4) is 5.75 Å². The van der Waals surface area contributed by atoms with E-state index in [0.29, 0.717) is 0 Å². The van der Waals surface area contributed by atoms with Crippen molar-refractivity contribution in [2.45, 2.75) is 31.8 Å². The van der Waals surface area contributed by atoms with Gasteiger partial charge < -0.3 is 9.64 Å². The van der Waals surface area contributed by atoms with Crippen molar-refractivity contribution < 1.29 is 4.74 Å². The molecule has 3 aromatic carbocycles. The number of anilines is 1. The number of halogens is 1. The standard InChI is InChI=1S/C29H26ClN3O/c1-20-27-24-16-17-29(21-8-4-2-5-9-21,34-26(24)15-14-25(27)32-28(30)31-20)22-10-12-23(13-11-22)33-18-6-3-7-19-33/h2,4-5,8-17H,3,6-7,18-19H2,1H3. The zero-order valence-electron chi connectivity index (χ0n) is 19.2. The van der Waals surface area contributed by atoms with E-state index in [9.17, 15) is 0 Å². The van der Waals surface area contributed by atoms with Gasteiger partial charge in [0.1, 0.15) is 5.75 Å². The maximum absolute atomic E-state index is 6.88. The lowest BCUT2D eigenvalue weighted by Gasteiger charge is -2.37. The average molecular weight is 468 g/mol. The highest BCUT2D eigenvalue weighted by atomic mass is 35.5. The molecule has 4 nitrogen and oxygen atoms in total. The van der Waals surface area contributed by atoms with Crippen LogP contribution < -0.4 is 9.64 Å². The minimum Gasteiger partial charge on any atom is -0.473 e. The van der Waals surface area contributed by atoms with Gasteiger partial charge in [0.15, 0.2) is 5.60 Å². The zero-order chi connectivity index (χ0) is 23.1. The molecule has 0 saturated carbocycles. The molecule has 2 aliphatic rings. The van der Waals surface area contributed by atoms with E-state index in [2.05, 4.69) is 75.6 Å². The second-order valence-corrected chi connectivity index (χ2v) is 9.42. The highest BCUT2D eigenvalue weighted by molar-refractivity contribution is 6.28. The Balaban J connectivity index is 1.47. The summed E-state index contributed by atoms with van der Waals surface area (Å²) in [7, 11) is 0. The number of rotatable bonds is 3. The number of nitrogens with zero attached hydrogens (tertiary/aromatic N) is 3. The maximum Gasteiger partial charge on any atom is 0.223 e. The van der Waals surface area contributed by atoms with Gasteiger partial charge in [0.05, 0.1) is 11.2 Å². The van der Waals surface area contributed by atoms with Crippen molar-refractivity contribution >= 4 is 34.3 Å². The lowest BCUT2D eigenvalue weighted by Crippen LogP contribution is -2.34. The Bertz CT molecular complexity index is 1380. The fraction of sp³-hybridized carbons (Fsp3) is 0.241. The number of piperidine rings is 1. The Morgan fingerprint density at radius 2 is 1.59 bits per heavy atom. The van der Waals surface area contributed by atoms with Gasteiger partial charge in [-0.2, -0.15) is 0 Å². The fourth-order valence-corrected chi connectivity index (χ4v) is 5.50. The summed E-state index contributed by atoms with van der Waals surface area (Å²) in [6, 6.07) is 23.3. The molecule has 1 fully saturated rings. The fourth-order valence-electron chi connectivity index (χ4n) is 5.28. The molecule has 1 aromatic heterocycles. The third-order valence-electron chi connectivity index (χ3n) is 6.99. The number of ether oxygens (including phenoxy) is 1. The van der Waals surface area contributed by atoms with Crippen molar-refractivity contribution in [3.05, 3.63) is 100 Å². The van der Waals surface area contributed by atoms with E-state index in [4.69, 9.17) is 16.3 Å². The van der Waals surface area contributed by atoms with Crippen molar-refractivity contribution in [1.82, 2.24) is 9.97 Å². The van der Waals surface area contributed by atoms with Crippen LogP contribution in [0.2, 0.25) is 5.28 Å². The molecule has 0 spiro atoms. The van der Waals surface area contributed by atoms with Crippen LogP contribution in [-0.2, 0) is 5.60 Å². The lowest BCUT2D eigenvalue weighted by molar-refractivity contribution is 0.161. The first-order valence-corrected chi connectivity index (χ1v) is 12.3. The van der Waals surface area contributed by atoms with E-state index in [0.717, 1.165) is 52.1 Å². The molecule has 0 N–H and O–H groups in total. The highest BCUT2D eigenvalue weighted by Gasteiger charge is 2.37. The summed E-state index contributed by atoms with van der Waals surface area (Å²) in [5.41, 5.74) is 5.41. The van der Waals surface area contributed by atoms with Gasteiger partial charge in [-0.25, -0.2) is 9.97 Å². The normalized spacial score (nSPS) is 19.6. The third-order valence-corrected chi connectivity index (χ3v) is 7.16. The molecule has 1 unspecified atom stereocenters. The first-order valence-electron chi connectivity index (χ1n) is 11.9. The van der Waals surface area contributed by atoms with Crippen molar-refractivity contribution in [2.75, 3.05) is 18.0 Å². The van der Waals surface area contributed by atoms with Crippen LogP contribution in [0.3, 0.4) is 0 Å². The summed E-state index contributed by atoms with van der Waals surface area (Å²) >= 11 is 6.11. The summed E-state index contributed by atoms with van der Waals surface area (Å²) < 4.78 is 6.88. The van der Waals surface area contributed by atoms with E-state index in [-0.39, 0.29) is 5.28 Å². The van der Waals surface area contributed by atoms with Gasteiger partial charge in [-0.1, -0.05) is 42.5 Å². The molecule has 34 heavy (non-hydrogen) atoms. The molecule has 0 radical (unpaired) electrons. The summed E-state index contributed by atoms with van der Waals surface area (Å²) in [5, 5.41) is 1.23. The van der Waals surface area contributed by atoms with Crippen LogP contribution in [0, 0.1) is 6.92 Å². The Labute approximate surface area is 204 Å². The average Bonchev–Trinajstić information content (AvgIpc) is 2.89. The van der Waals surface area contributed by atoms with Crippen LogP contribution in [-0.4, -0.2) is 23.1 Å². The summed E-state index contributed by atoms with van der Waals surface area (Å²) in [4.78, 5) is 11.3. The molecular weight excluding hydrogens is 442 g/mol. The maximum atomic E-state index is 6.88. The molecule has 0 bridgehead atoms. The molecule has 0 aliphatic carbocycles. The van der Waals surface area contributed by atoms with Gasteiger partial charge in [0, 0.05) is 40.9 Å². The van der Waals surface area contributed by atoms with Crippen molar-refractivity contribution in [3.63, 3.8) is 0 Å². The van der Waals surface area contributed by atoms with Gasteiger partial charge in [0.25, 0.3) is 0 Å². The molecule has 1 saturated heterocycles. The Morgan fingerprint density at radius 1 is 0.853 bits per heavy atom. The molecule has 5 heteroatoms. The molecule has 3 heterocycles. The predicted octanol–water partition coefficient (Wildman–Crippen LogP) is 6.93. The quantitative estimate of drug-likeness (QED) is 0.306. The molecule has 0 amide bonds. The predicted molar refractivity (Wildman–Crippen MR) is 139 cm³/mol. The van der Waals surface area contributed by atoms with Crippen molar-refractivity contribution in [1.29, 1.82) is 0 Å². The number of aryl methyl sites for hydroxylation is 1. The van der Waals surface area contributed by atoms with Crippen LogP contribution in [0.1, 0.15) is 41.6 Å². The number of aromatic nitrogens is 2. The summed E-state index contributed by atoms with van der Waals surface area (Å²) in [6.07, 6.45) is 8.17. The Hall–Kier alpha value is -3.37. The number of hydrogen-bond donors (Lipinski definition) is 0. The van der Waals surface area contributed by atoms with Crippen LogP contribution in [0.25, 0.3) is 17.0 Å². The first-order chi connectivity index (χ1) is 16.6. The smallest absolute Gasteiger partial charge is 0.223 e. The van der Waals surface area contributed by atoms with Crippen LogP contribution >= 0.6 is 11.6 Å². The van der Waals surface area contributed by atoms with E-state index in [1.807, 2.05) is 25.1 Å². The van der Waals surface area contributed by atoms with Gasteiger partial charge in [-0.15, -0.1) is 0 Å². The third kappa shape index (κ3) is 3.54. The number of hydrogen-bond acceptors (Lipinski definition) is 4.